The van der Waals surface area contributed by atoms with E-state index in [0.29, 0.717) is 5.92 Å². The van der Waals surface area contributed by atoms with Gasteiger partial charge in [0.25, 0.3) is 0 Å². The van der Waals surface area contributed by atoms with Crippen LogP contribution >= 0.6 is 15.9 Å². The fraction of sp³-hybridized carbons (Fsp3) is 0.375. The van der Waals surface area contributed by atoms with Gasteiger partial charge in [-0.15, -0.1) is 0 Å². The zero-order chi connectivity index (χ0) is 14.7. The minimum absolute atomic E-state index is 0.576. The molecule has 0 radical (unpaired) electrons. The first-order valence-corrected chi connectivity index (χ1v) is 7.61. The van der Waals surface area contributed by atoms with Crippen molar-refractivity contribution in [3.63, 3.8) is 0 Å². The molecule has 3 nitrogen and oxygen atoms in total. The van der Waals surface area contributed by atoms with Crippen molar-refractivity contribution < 1.29 is 0 Å². The van der Waals surface area contributed by atoms with E-state index in [9.17, 15) is 0 Å². The molecule has 0 spiro atoms. The van der Waals surface area contributed by atoms with E-state index in [-0.39, 0.29) is 0 Å². The summed E-state index contributed by atoms with van der Waals surface area (Å²) >= 11 is 3.57. The first-order valence-electron chi connectivity index (χ1n) is 6.82. The molecule has 0 aliphatic carbocycles. The molecule has 1 aromatic heterocycles. The van der Waals surface area contributed by atoms with Crippen molar-refractivity contribution in [2.45, 2.75) is 27.2 Å². The Bertz CT molecular complexity index is 609. The second-order valence-electron chi connectivity index (χ2n) is 5.38. The molecule has 4 heteroatoms. The van der Waals surface area contributed by atoms with Gasteiger partial charge in [-0.05, 0) is 30.9 Å². The minimum atomic E-state index is 0.576. The fourth-order valence-electron chi connectivity index (χ4n) is 2.01. The molecule has 1 heterocycles. The van der Waals surface area contributed by atoms with Gasteiger partial charge in [-0.2, -0.15) is 0 Å². The van der Waals surface area contributed by atoms with Crippen LogP contribution in [0.1, 0.15) is 25.1 Å². The lowest BCUT2D eigenvalue weighted by atomic mass is 10.1. The lowest BCUT2D eigenvalue weighted by molar-refractivity contribution is 0.635. The Kier molecular flexibility index (Phi) is 4.76. The standard InChI is InChI=1S/C16H20BrN3/c1-10(2)7-13-9-15(18-4)20-16(19-13)12-6-5-11(3)14(17)8-12/h5-6,8-10H,7H2,1-4H3,(H,18,19,20). The van der Waals surface area contributed by atoms with E-state index in [1.807, 2.05) is 13.1 Å². The molecule has 20 heavy (non-hydrogen) atoms. The van der Waals surface area contributed by atoms with Crippen molar-refractivity contribution >= 4 is 21.7 Å². The van der Waals surface area contributed by atoms with Crippen LogP contribution in [0.3, 0.4) is 0 Å². The van der Waals surface area contributed by atoms with Gasteiger partial charge in [0.1, 0.15) is 5.82 Å². The van der Waals surface area contributed by atoms with Gasteiger partial charge in [0, 0.05) is 28.8 Å². The molecule has 2 rings (SSSR count). The van der Waals surface area contributed by atoms with E-state index in [0.717, 1.165) is 33.8 Å². The smallest absolute Gasteiger partial charge is 0.161 e. The first-order chi connectivity index (χ1) is 9.49. The fourth-order valence-corrected chi connectivity index (χ4v) is 2.39. The van der Waals surface area contributed by atoms with Gasteiger partial charge in [0.2, 0.25) is 0 Å². The van der Waals surface area contributed by atoms with E-state index in [1.165, 1.54) is 5.56 Å². The maximum absolute atomic E-state index is 4.69. The Labute approximate surface area is 129 Å². The molecule has 0 bridgehead atoms. The van der Waals surface area contributed by atoms with Crippen molar-refractivity contribution in [3.05, 3.63) is 40.0 Å². The van der Waals surface area contributed by atoms with E-state index in [1.54, 1.807) is 0 Å². The number of aromatic nitrogens is 2. The van der Waals surface area contributed by atoms with Gasteiger partial charge in [-0.25, -0.2) is 9.97 Å². The van der Waals surface area contributed by atoms with Crippen molar-refractivity contribution in [3.8, 4) is 11.4 Å². The summed E-state index contributed by atoms with van der Waals surface area (Å²) < 4.78 is 1.08. The maximum Gasteiger partial charge on any atom is 0.161 e. The summed E-state index contributed by atoms with van der Waals surface area (Å²) in [6.45, 7) is 6.47. The zero-order valence-electron chi connectivity index (χ0n) is 12.4. The molecule has 0 saturated heterocycles. The quantitative estimate of drug-likeness (QED) is 0.897. The number of nitrogens with zero attached hydrogens (tertiary/aromatic N) is 2. The number of aryl methyl sites for hydroxylation is 1. The van der Waals surface area contributed by atoms with Crippen molar-refractivity contribution in [1.29, 1.82) is 0 Å². The number of halogens is 1. The molecular weight excluding hydrogens is 314 g/mol. The van der Waals surface area contributed by atoms with Gasteiger partial charge in [-0.1, -0.05) is 41.9 Å². The molecule has 1 N–H and O–H groups in total. The van der Waals surface area contributed by atoms with E-state index >= 15 is 0 Å². The van der Waals surface area contributed by atoms with Crippen molar-refractivity contribution in [1.82, 2.24) is 9.97 Å². The number of benzene rings is 1. The Hall–Kier alpha value is -1.42. The van der Waals surface area contributed by atoms with E-state index in [4.69, 9.17) is 4.98 Å². The monoisotopic (exact) mass is 333 g/mol. The van der Waals surface area contributed by atoms with Crippen molar-refractivity contribution in [2.24, 2.45) is 5.92 Å². The van der Waals surface area contributed by atoms with E-state index < -0.39 is 0 Å². The van der Waals surface area contributed by atoms with Crippen molar-refractivity contribution in [2.75, 3.05) is 12.4 Å². The highest BCUT2D eigenvalue weighted by atomic mass is 79.9. The van der Waals surface area contributed by atoms with Crippen LogP contribution in [0, 0.1) is 12.8 Å². The molecule has 0 atom stereocenters. The van der Waals surface area contributed by atoms with Crippen LogP contribution in [-0.4, -0.2) is 17.0 Å². The average molecular weight is 334 g/mol. The largest absolute Gasteiger partial charge is 0.373 e. The molecule has 2 aromatic rings. The third-order valence-corrected chi connectivity index (χ3v) is 3.94. The normalized spacial score (nSPS) is 10.9. The average Bonchev–Trinajstić information content (AvgIpc) is 2.40. The van der Waals surface area contributed by atoms with E-state index in [2.05, 4.69) is 65.2 Å². The van der Waals surface area contributed by atoms with Crippen LogP contribution in [0.2, 0.25) is 0 Å². The van der Waals surface area contributed by atoms with Gasteiger partial charge in [0.15, 0.2) is 5.82 Å². The van der Waals surface area contributed by atoms with Gasteiger partial charge in [0.05, 0.1) is 0 Å². The van der Waals surface area contributed by atoms with Gasteiger partial charge < -0.3 is 5.32 Å². The summed E-state index contributed by atoms with van der Waals surface area (Å²) in [6, 6.07) is 8.24. The maximum atomic E-state index is 4.69. The molecule has 0 fully saturated rings. The molecule has 0 unspecified atom stereocenters. The Morgan fingerprint density at radius 1 is 1.20 bits per heavy atom. The Balaban J connectivity index is 2.46. The lowest BCUT2D eigenvalue weighted by Crippen LogP contribution is -2.03. The summed E-state index contributed by atoms with van der Waals surface area (Å²) in [5.74, 6) is 2.21. The number of nitrogens with one attached hydrogen (secondary N) is 1. The van der Waals surface area contributed by atoms with Crippen LogP contribution in [0.5, 0.6) is 0 Å². The molecule has 106 valence electrons. The highest BCUT2D eigenvalue weighted by Gasteiger charge is 2.09. The number of hydrogen-bond donors (Lipinski definition) is 1. The predicted octanol–water partition coefficient (Wildman–Crippen LogP) is 4.45. The van der Waals surface area contributed by atoms with Crippen LogP contribution in [0.25, 0.3) is 11.4 Å². The van der Waals surface area contributed by atoms with Crippen LogP contribution in [0.15, 0.2) is 28.7 Å². The highest BCUT2D eigenvalue weighted by Crippen LogP contribution is 2.25. The van der Waals surface area contributed by atoms with Gasteiger partial charge >= 0.3 is 0 Å². The molecule has 0 aliphatic heterocycles. The summed E-state index contributed by atoms with van der Waals surface area (Å²) in [6.07, 6.45) is 0.956. The van der Waals surface area contributed by atoms with Crippen LogP contribution in [-0.2, 0) is 6.42 Å². The van der Waals surface area contributed by atoms with Crippen LogP contribution < -0.4 is 5.32 Å². The first kappa shape index (κ1) is 15.0. The van der Waals surface area contributed by atoms with Crippen LogP contribution in [0.4, 0.5) is 5.82 Å². The number of anilines is 1. The molecule has 0 amide bonds. The predicted molar refractivity (Wildman–Crippen MR) is 88.0 cm³/mol. The summed E-state index contributed by atoms with van der Waals surface area (Å²) in [5.41, 5.74) is 3.32. The minimum Gasteiger partial charge on any atom is -0.373 e. The number of hydrogen-bond acceptors (Lipinski definition) is 3. The molecular formula is C16H20BrN3. The molecule has 0 aliphatic rings. The van der Waals surface area contributed by atoms with Gasteiger partial charge in [-0.3, -0.25) is 0 Å². The SMILES string of the molecule is CNc1cc(CC(C)C)nc(-c2ccc(C)c(Br)c2)n1. The number of rotatable bonds is 4. The molecule has 0 saturated carbocycles. The molecule has 1 aromatic carbocycles. The topological polar surface area (TPSA) is 37.8 Å². The highest BCUT2D eigenvalue weighted by molar-refractivity contribution is 9.10. The summed E-state index contributed by atoms with van der Waals surface area (Å²) in [4.78, 5) is 9.25. The second kappa shape index (κ2) is 6.35. The summed E-state index contributed by atoms with van der Waals surface area (Å²) in [7, 11) is 1.89. The third-order valence-electron chi connectivity index (χ3n) is 3.08. The Morgan fingerprint density at radius 3 is 2.55 bits per heavy atom. The lowest BCUT2D eigenvalue weighted by Gasteiger charge is -2.10. The third kappa shape index (κ3) is 3.57. The summed E-state index contributed by atoms with van der Waals surface area (Å²) in [5, 5.41) is 3.11. The Morgan fingerprint density at radius 2 is 1.95 bits per heavy atom. The second-order valence-corrected chi connectivity index (χ2v) is 6.23. The zero-order valence-corrected chi connectivity index (χ0v) is 14.0.